The standard InChI is InChI=1S/C23H24ClF2N5O3/c24-21-15(2-1-3-18(21)26)11-28-22(32)31-9-7-19(27)20(31)13-34-29-23(33)30-8-6-14-10-17(25)5-4-16(14)12-30/h1-6,8,10,19-20H,7,9,11-13,27H2,(H,28,32)(H,29,33)/t19-,20+/m0/s1. The number of carbonyl (C=O) groups is 2. The Hall–Kier alpha value is -3.21. The van der Waals surface area contributed by atoms with Gasteiger partial charge in [0.25, 0.3) is 0 Å². The number of urea groups is 2. The van der Waals surface area contributed by atoms with E-state index in [0.29, 0.717) is 24.1 Å². The average Bonchev–Trinajstić information content (AvgIpc) is 3.19. The van der Waals surface area contributed by atoms with E-state index in [2.05, 4.69) is 10.8 Å². The maximum atomic E-state index is 13.6. The van der Waals surface area contributed by atoms with E-state index in [-0.39, 0.29) is 36.6 Å². The molecule has 0 radical (unpaired) electrons. The van der Waals surface area contributed by atoms with Crippen molar-refractivity contribution in [3.8, 4) is 0 Å². The minimum absolute atomic E-state index is 0.0135. The summed E-state index contributed by atoms with van der Waals surface area (Å²) in [5.74, 6) is -0.900. The van der Waals surface area contributed by atoms with Crippen LogP contribution in [0.1, 0.15) is 23.1 Å². The van der Waals surface area contributed by atoms with Gasteiger partial charge in [-0.2, -0.15) is 0 Å². The van der Waals surface area contributed by atoms with Crippen LogP contribution in [0.25, 0.3) is 6.08 Å². The molecule has 2 aliphatic heterocycles. The number of amides is 4. The van der Waals surface area contributed by atoms with E-state index in [1.54, 1.807) is 24.4 Å². The van der Waals surface area contributed by atoms with Crippen LogP contribution in [0, 0.1) is 11.6 Å². The van der Waals surface area contributed by atoms with Crippen LogP contribution in [-0.4, -0.2) is 47.1 Å². The smallest absolute Gasteiger partial charge is 0.334 e. The predicted octanol–water partition coefficient (Wildman–Crippen LogP) is 3.36. The van der Waals surface area contributed by atoms with E-state index in [0.717, 1.165) is 5.56 Å². The summed E-state index contributed by atoms with van der Waals surface area (Å²) >= 11 is 5.94. The van der Waals surface area contributed by atoms with Gasteiger partial charge in [0.05, 0.1) is 24.2 Å². The Labute approximate surface area is 200 Å². The molecular weight excluding hydrogens is 468 g/mol. The molecule has 0 unspecified atom stereocenters. The van der Waals surface area contributed by atoms with Gasteiger partial charge in [-0.15, -0.1) is 0 Å². The Balaban J connectivity index is 1.28. The van der Waals surface area contributed by atoms with Crippen LogP contribution in [0.3, 0.4) is 0 Å². The van der Waals surface area contributed by atoms with Gasteiger partial charge in [-0.1, -0.05) is 29.8 Å². The molecule has 4 rings (SSSR count). The fourth-order valence-electron chi connectivity index (χ4n) is 3.96. The van der Waals surface area contributed by atoms with E-state index in [4.69, 9.17) is 22.2 Å². The van der Waals surface area contributed by atoms with Crippen LogP contribution in [0.2, 0.25) is 5.02 Å². The number of likely N-dealkylation sites (tertiary alicyclic amines) is 1. The van der Waals surface area contributed by atoms with Crippen LogP contribution in [0.5, 0.6) is 0 Å². The zero-order valence-corrected chi connectivity index (χ0v) is 18.9. The molecule has 4 N–H and O–H groups in total. The maximum Gasteiger partial charge on any atom is 0.345 e. The summed E-state index contributed by atoms with van der Waals surface area (Å²) in [6.45, 7) is 0.716. The molecule has 2 aromatic rings. The lowest BCUT2D eigenvalue weighted by Gasteiger charge is -2.28. The lowest BCUT2D eigenvalue weighted by atomic mass is 10.0. The van der Waals surface area contributed by atoms with Crippen molar-refractivity contribution < 1.29 is 23.2 Å². The van der Waals surface area contributed by atoms with Gasteiger partial charge < -0.3 is 16.0 Å². The van der Waals surface area contributed by atoms with E-state index in [9.17, 15) is 18.4 Å². The minimum atomic E-state index is -0.558. The van der Waals surface area contributed by atoms with Crippen molar-refractivity contribution in [3.63, 3.8) is 0 Å². The first kappa shape index (κ1) is 23.9. The number of nitrogens with two attached hydrogens (primary N) is 1. The molecule has 2 aliphatic rings. The van der Waals surface area contributed by atoms with Gasteiger partial charge in [-0.05, 0) is 47.4 Å². The van der Waals surface area contributed by atoms with Crippen molar-refractivity contribution in [2.75, 3.05) is 13.2 Å². The summed E-state index contributed by atoms with van der Waals surface area (Å²) < 4.78 is 26.9. The number of benzene rings is 2. The highest BCUT2D eigenvalue weighted by Crippen LogP contribution is 2.22. The van der Waals surface area contributed by atoms with Crippen molar-refractivity contribution in [1.82, 2.24) is 20.6 Å². The maximum absolute atomic E-state index is 13.6. The van der Waals surface area contributed by atoms with Crippen LogP contribution >= 0.6 is 11.6 Å². The fourth-order valence-corrected chi connectivity index (χ4v) is 4.15. The molecule has 0 saturated carbocycles. The lowest BCUT2D eigenvalue weighted by molar-refractivity contribution is 0.0226. The highest BCUT2D eigenvalue weighted by Gasteiger charge is 2.35. The average molecular weight is 492 g/mol. The number of nitrogens with zero attached hydrogens (tertiary/aromatic N) is 2. The molecule has 0 spiro atoms. The van der Waals surface area contributed by atoms with Gasteiger partial charge in [-0.3, -0.25) is 9.74 Å². The van der Waals surface area contributed by atoms with E-state index in [1.165, 1.54) is 34.1 Å². The monoisotopic (exact) mass is 491 g/mol. The molecule has 0 aliphatic carbocycles. The molecule has 180 valence electrons. The van der Waals surface area contributed by atoms with Crippen molar-refractivity contribution in [2.24, 2.45) is 5.73 Å². The number of hydrogen-bond acceptors (Lipinski definition) is 4. The van der Waals surface area contributed by atoms with Gasteiger partial charge in [0, 0.05) is 25.3 Å². The normalized spacial score (nSPS) is 19.2. The molecular formula is C23H24ClF2N5O3. The number of fused-ring (bicyclic) bond motifs is 1. The van der Waals surface area contributed by atoms with Crippen LogP contribution in [-0.2, 0) is 17.9 Å². The fraction of sp³-hybridized carbons (Fsp3) is 0.304. The third-order valence-corrected chi connectivity index (χ3v) is 6.30. The van der Waals surface area contributed by atoms with Gasteiger partial charge in [0.15, 0.2) is 0 Å². The minimum Gasteiger partial charge on any atom is -0.334 e. The Morgan fingerprint density at radius 1 is 1.21 bits per heavy atom. The summed E-state index contributed by atoms with van der Waals surface area (Å²) in [5, 5.41) is 2.68. The van der Waals surface area contributed by atoms with Crippen molar-refractivity contribution in [3.05, 3.63) is 75.9 Å². The van der Waals surface area contributed by atoms with Crippen LogP contribution in [0.15, 0.2) is 42.6 Å². The molecule has 11 heteroatoms. The molecule has 2 atom stereocenters. The molecule has 0 bridgehead atoms. The third kappa shape index (κ3) is 5.30. The summed E-state index contributed by atoms with van der Waals surface area (Å²) in [6.07, 6.45) is 3.75. The van der Waals surface area contributed by atoms with Gasteiger partial charge >= 0.3 is 12.1 Å². The summed E-state index contributed by atoms with van der Waals surface area (Å²) in [7, 11) is 0. The van der Waals surface area contributed by atoms with Gasteiger partial charge in [0.1, 0.15) is 11.6 Å². The lowest BCUT2D eigenvalue weighted by Crippen LogP contribution is -2.50. The van der Waals surface area contributed by atoms with Gasteiger partial charge in [0.2, 0.25) is 0 Å². The van der Waals surface area contributed by atoms with Crippen LogP contribution in [0.4, 0.5) is 18.4 Å². The third-order valence-electron chi connectivity index (χ3n) is 5.88. The second-order valence-corrected chi connectivity index (χ2v) is 8.47. The highest BCUT2D eigenvalue weighted by atomic mass is 35.5. The topological polar surface area (TPSA) is 99.9 Å². The summed E-state index contributed by atoms with van der Waals surface area (Å²) in [6, 6.07) is 7.05. The largest absolute Gasteiger partial charge is 0.345 e. The zero-order chi connectivity index (χ0) is 24.2. The van der Waals surface area contributed by atoms with Crippen molar-refractivity contribution in [2.45, 2.75) is 31.6 Å². The second kappa shape index (κ2) is 10.4. The summed E-state index contributed by atoms with van der Waals surface area (Å²) in [5.41, 5.74) is 10.5. The Morgan fingerprint density at radius 2 is 2.03 bits per heavy atom. The number of carbonyl (C=O) groups excluding carboxylic acids is 2. The number of hydroxylamine groups is 1. The SMILES string of the molecule is N[C@H]1CCN(C(=O)NCc2cccc(F)c2Cl)[C@@H]1CONC(=O)N1C=Cc2cc(F)ccc2C1. The number of hydrogen-bond donors (Lipinski definition) is 3. The molecule has 4 amide bonds. The predicted molar refractivity (Wildman–Crippen MR) is 122 cm³/mol. The molecule has 1 fully saturated rings. The quantitative estimate of drug-likeness (QED) is 0.558. The molecule has 8 nitrogen and oxygen atoms in total. The number of halogens is 3. The molecule has 2 aromatic carbocycles. The van der Waals surface area contributed by atoms with Crippen molar-refractivity contribution in [1.29, 1.82) is 0 Å². The number of rotatable bonds is 5. The molecule has 2 heterocycles. The Morgan fingerprint density at radius 3 is 2.85 bits per heavy atom. The first-order valence-corrected chi connectivity index (χ1v) is 11.1. The zero-order valence-electron chi connectivity index (χ0n) is 18.1. The van der Waals surface area contributed by atoms with E-state index >= 15 is 0 Å². The Kier molecular flexibility index (Phi) is 7.30. The summed E-state index contributed by atoms with van der Waals surface area (Å²) in [4.78, 5) is 33.4. The second-order valence-electron chi connectivity index (χ2n) is 8.09. The van der Waals surface area contributed by atoms with Crippen molar-refractivity contribution >= 4 is 29.7 Å². The first-order chi connectivity index (χ1) is 16.3. The number of nitrogens with one attached hydrogen (secondary N) is 2. The highest BCUT2D eigenvalue weighted by molar-refractivity contribution is 6.31. The first-order valence-electron chi connectivity index (χ1n) is 10.7. The van der Waals surface area contributed by atoms with Crippen LogP contribution < -0.4 is 16.5 Å². The molecule has 0 aromatic heterocycles. The van der Waals surface area contributed by atoms with Gasteiger partial charge in [-0.25, -0.2) is 23.9 Å². The molecule has 34 heavy (non-hydrogen) atoms. The Bertz CT molecular complexity index is 1120. The van der Waals surface area contributed by atoms with E-state index < -0.39 is 23.9 Å². The molecule has 1 saturated heterocycles. The van der Waals surface area contributed by atoms with E-state index in [1.807, 2.05) is 0 Å².